The van der Waals surface area contributed by atoms with Crippen LogP contribution in [0.3, 0.4) is 0 Å². The molecule has 2 aliphatic heterocycles. The van der Waals surface area contributed by atoms with E-state index in [1.165, 1.54) is 16.7 Å². The Bertz CT molecular complexity index is 993. The molecule has 0 saturated carbocycles. The van der Waals surface area contributed by atoms with Crippen LogP contribution in [0.1, 0.15) is 11.1 Å². The predicted molar refractivity (Wildman–Crippen MR) is 111 cm³/mol. The molecule has 2 aromatic carbocycles. The van der Waals surface area contributed by atoms with Gasteiger partial charge in [0.2, 0.25) is 5.91 Å². The third-order valence-electron chi connectivity index (χ3n) is 4.88. The van der Waals surface area contributed by atoms with Crippen molar-refractivity contribution in [1.82, 2.24) is 10.2 Å². The number of aliphatic hydroxyl groups is 1. The molecular formula is C22H20N2O5S. The summed E-state index contributed by atoms with van der Waals surface area (Å²) >= 11 is 1.29. The molecule has 1 saturated heterocycles. The molecule has 2 aliphatic rings. The van der Waals surface area contributed by atoms with Crippen molar-refractivity contribution in [2.24, 2.45) is 0 Å². The second-order valence-corrected chi connectivity index (χ2v) is 8.08. The van der Waals surface area contributed by atoms with Crippen molar-refractivity contribution in [1.29, 1.82) is 0 Å². The van der Waals surface area contributed by atoms with E-state index in [-0.39, 0.29) is 36.1 Å². The fourth-order valence-corrected chi connectivity index (χ4v) is 4.59. The summed E-state index contributed by atoms with van der Waals surface area (Å²) in [4.78, 5) is 38.8. The molecule has 0 radical (unpaired) electrons. The van der Waals surface area contributed by atoms with E-state index in [0.29, 0.717) is 0 Å². The second-order valence-electron chi connectivity index (χ2n) is 6.97. The minimum absolute atomic E-state index is 0.0353. The quantitative estimate of drug-likeness (QED) is 0.545. The number of hydrogen-bond donors (Lipinski definition) is 2. The Morgan fingerprint density at radius 2 is 1.70 bits per heavy atom. The van der Waals surface area contributed by atoms with Crippen LogP contribution in [0.25, 0.3) is 0 Å². The molecule has 1 fully saturated rings. The molecule has 2 heterocycles. The van der Waals surface area contributed by atoms with E-state index < -0.39 is 23.3 Å². The summed E-state index contributed by atoms with van der Waals surface area (Å²) in [6.07, 6.45) is 0.162. The second kappa shape index (κ2) is 8.62. The maximum absolute atomic E-state index is 12.7. The average Bonchev–Trinajstić information content (AvgIpc) is 2.77. The first kappa shape index (κ1) is 20.0. The van der Waals surface area contributed by atoms with E-state index in [2.05, 4.69) is 5.32 Å². The molecule has 30 heavy (non-hydrogen) atoms. The predicted octanol–water partition coefficient (Wildman–Crippen LogP) is 2.14. The number of benzene rings is 2. The number of rotatable bonds is 6. The Kier molecular flexibility index (Phi) is 5.76. The molecule has 8 heteroatoms. The van der Waals surface area contributed by atoms with Crippen molar-refractivity contribution in [3.63, 3.8) is 0 Å². The van der Waals surface area contributed by atoms with Gasteiger partial charge in [-0.2, -0.15) is 0 Å². The molecule has 0 bridgehead atoms. The minimum Gasteiger partial charge on any atom is -0.509 e. The van der Waals surface area contributed by atoms with Crippen molar-refractivity contribution in [2.75, 3.05) is 5.75 Å². The number of ether oxygens (including phenoxy) is 1. The molecule has 2 aromatic rings. The molecule has 154 valence electrons. The van der Waals surface area contributed by atoms with Crippen LogP contribution < -0.4 is 5.32 Å². The SMILES string of the molecule is O=C(Cc1ccccc1)NC1C(=O)N2C(C(=O)OCc3ccccc3)=C(O)CS[C@@H]12. The number of nitrogens with one attached hydrogen (secondary N) is 1. The molecule has 0 aromatic heterocycles. The van der Waals surface area contributed by atoms with Gasteiger partial charge in [-0.15, -0.1) is 11.8 Å². The number of carbonyl (C=O) groups excluding carboxylic acids is 3. The number of fused-ring (bicyclic) bond motifs is 1. The maximum atomic E-state index is 12.7. The van der Waals surface area contributed by atoms with Crippen LogP contribution in [-0.4, -0.2) is 45.0 Å². The van der Waals surface area contributed by atoms with Gasteiger partial charge in [0.25, 0.3) is 5.91 Å². The van der Waals surface area contributed by atoms with E-state index >= 15 is 0 Å². The summed E-state index contributed by atoms with van der Waals surface area (Å²) in [5.74, 6) is -1.51. The summed E-state index contributed by atoms with van der Waals surface area (Å²) in [6, 6.07) is 17.6. The van der Waals surface area contributed by atoms with Crippen molar-refractivity contribution < 1.29 is 24.2 Å². The van der Waals surface area contributed by atoms with Gasteiger partial charge >= 0.3 is 5.97 Å². The van der Waals surface area contributed by atoms with Gasteiger partial charge in [-0.1, -0.05) is 60.7 Å². The molecule has 7 nitrogen and oxygen atoms in total. The Labute approximate surface area is 177 Å². The number of carbonyl (C=O) groups is 3. The highest BCUT2D eigenvalue weighted by atomic mass is 32.2. The van der Waals surface area contributed by atoms with Gasteiger partial charge in [-0.25, -0.2) is 4.79 Å². The third kappa shape index (κ3) is 4.04. The lowest BCUT2D eigenvalue weighted by Gasteiger charge is -2.48. The van der Waals surface area contributed by atoms with Crippen molar-refractivity contribution >= 4 is 29.5 Å². The molecule has 4 rings (SSSR count). The number of esters is 1. The summed E-state index contributed by atoms with van der Waals surface area (Å²) in [6.45, 7) is 0.0353. The van der Waals surface area contributed by atoms with Gasteiger partial charge in [0.05, 0.1) is 12.2 Å². The topological polar surface area (TPSA) is 95.9 Å². The number of thioether (sulfide) groups is 1. The zero-order valence-corrected chi connectivity index (χ0v) is 16.8. The first-order valence-electron chi connectivity index (χ1n) is 9.45. The summed E-state index contributed by atoms with van der Waals surface area (Å²) in [7, 11) is 0. The standard InChI is InChI=1S/C22H20N2O5S/c25-16-13-30-21-18(23-17(26)11-14-7-3-1-4-8-14)20(27)24(21)19(16)22(28)29-12-15-9-5-2-6-10-15/h1-10,18,21,25H,11-13H2,(H,23,26)/t18?,21-/m0/s1. The molecule has 2 N–H and O–H groups in total. The van der Waals surface area contributed by atoms with E-state index in [9.17, 15) is 19.5 Å². The maximum Gasteiger partial charge on any atom is 0.358 e. The van der Waals surface area contributed by atoms with Crippen molar-refractivity contribution in [3.8, 4) is 0 Å². The molecule has 0 aliphatic carbocycles. The minimum atomic E-state index is -0.760. The fourth-order valence-electron chi connectivity index (χ4n) is 3.39. The van der Waals surface area contributed by atoms with Crippen LogP contribution in [0.2, 0.25) is 0 Å². The van der Waals surface area contributed by atoms with Gasteiger partial charge < -0.3 is 15.2 Å². The summed E-state index contributed by atoms with van der Waals surface area (Å²) in [5.41, 5.74) is 1.50. The lowest BCUT2D eigenvalue weighted by Crippen LogP contribution is -2.70. The van der Waals surface area contributed by atoms with Crippen LogP contribution in [0.5, 0.6) is 0 Å². The number of β-lactam (4-membered cyclic amide) rings is 1. The molecule has 1 unspecified atom stereocenters. The molecule has 2 atom stereocenters. The van der Waals surface area contributed by atoms with Crippen LogP contribution >= 0.6 is 11.8 Å². The smallest absolute Gasteiger partial charge is 0.358 e. The molecule has 2 amide bonds. The third-order valence-corrected chi connectivity index (χ3v) is 6.14. The van der Waals surface area contributed by atoms with Crippen molar-refractivity contribution in [3.05, 3.63) is 83.2 Å². The summed E-state index contributed by atoms with van der Waals surface area (Å²) < 4.78 is 5.29. The van der Waals surface area contributed by atoms with Crippen LogP contribution in [0.15, 0.2) is 72.1 Å². The number of hydrogen-bond acceptors (Lipinski definition) is 6. The lowest BCUT2D eigenvalue weighted by molar-refractivity contribution is -0.153. The monoisotopic (exact) mass is 424 g/mol. The zero-order chi connectivity index (χ0) is 21.1. The lowest BCUT2D eigenvalue weighted by atomic mass is 10.0. The largest absolute Gasteiger partial charge is 0.509 e. The first-order chi connectivity index (χ1) is 14.5. The average molecular weight is 424 g/mol. The highest BCUT2D eigenvalue weighted by molar-refractivity contribution is 8.00. The fraction of sp³-hybridized carbons (Fsp3) is 0.227. The zero-order valence-electron chi connectivity index (χ0n) is 16.0. The molecular weight excluding hydrogens is 404 g/mol. The van der Waals surface area contributed by atoms with Crippen LogP contribution in [0.4, 0.5) is 0 Å². The summed E-state index contributed by atoms with van der Waals surface area (Å²) in [5, 5.41) is 12.5. The van der Waals surface area contributed by atoms with E-state index in [1.807, 2.05) is 60.7 Å². The van der Waals surface area contributed by atoms with E-state index in [1.54, 1.807) is 0 Å². The van der Waals surface area contributed by atoms with Gasteiger partial charge in [0, 0.05) is 0 Å². The van der Waals surface area contributed by atoms with Crippen LogP contribution in [-0.2, 0) is 32.1 Å². The van der Waals surface area contributed by atoms with Gasteiger partial charge in [-0.3, -0.25) is 14.5 Å². The Balaban J connectivity index is 1.39. The number of aliphatic hydroxyl groups excluding tert-OH is 1. The highest BCUT2D eigenvalue weighted by Crippen LogP contribution is 2.40. The van der Waals surface area contributed by atoms with E-state index in [0.717, 1.165) is 11.1 Å². The highest BCUT2D eigenvalue weighted by Gasteiger charge is 2.54. The normalized spacial score (nSPS) is 20.3. The first-order valence-corrected chi connectivity index (χ1v) is 10.5. The number of amides is 2. The van der Waals surface area contributed by atoms with Crippen molar-refractivity contribution in [2.45, 2.75) is 24.4 Å². The molecule has 0 spiro atoms. The number of nitrogens with zero attached hydrogens (tertiary/aromatic N) is 1. The van der Waals surface area contributed by atoms with Gasteiger partial charge in [0.1, 0.15) is 23.8 Å². The van der Waals surface area contributed by atoms with Gasteiger partial charge in [0.15, 0.2) is 5.70 Å². The Morgan fingerprint density at radius 1 is 1.07 bits per heavy atom. The van der Waals surface area contributed by atoms with Crippen LogP contribution in [0, 0.1) is 0 Å². The van der Waals surface area contributed by atoms with Gasteiger partial charge in [-0.05, 0) is 11.1 Å². The Hall–Kier alpha value is -3.26. The van der Waals surface area contributed by atoms with E-state index in [4.69, 9.17) is 4.74 Å². The Morgan fingerprint density at radius 3 is 2.37 bits per heavy atom.